The maximum atomic E-state index is 12.7. The van der Waals surface area contributed by atoms with Crippen LogP contribution in [0.1, 0.15) is 47.0 Å². The Balaban J connectivity index is 5.45. The molecule has 0 aliphatic heterocycles. The molecule has 13 heteroatoms. The van der Waals surface area contributed by atoms with E-state index in [1.54, 1.807) is 13.8 Å². The first-order chi connectivity index (χ1) is 14.6. The molecule has 0 bridgehead atoms. The lowest BCUT2D eigenvalue weighted by Gasteiger charge is -2.26. The summed E-state index contributed by atoms with van der Waals surface area (Å²) in [5.74, 6) is -6.88. The van der Waals surface area contributed by atoms with Crippen molar-refractivity contribution in [1.82, 2.24) is 16.0 Å². The highest BCUT2D eigenvalue weighted by Crippen LogP contribution is 2.07. The molecule has 4 atom stereocenters. The third kappa shape index (κ3) is 10.7. The van der Waals surface area contributed by atoms with Gasteiger partial charge in [0.05, 0.1) is 18.9 Å². The lowest BCUT2D eigenvalue weighted by Crippen LogP contribution is -2.59. The molecule has 0 aromatic heterocycles. The SMILES string of the molecule is CC(C)CC(N)C(=O)NC(CC(N)=O)C(=O)NC(C(=O)NC(CC(=O)O)C(=O)O)C(C)C. The van der Waals surface area contributed by atoms with E-state index in [0.717, 1.165) is 0 Å². The van der Waals surface area contributed by atoms with Gasteiger partial charge < -0.3 is 37.6 Å². The first-order valence-electron chi connectivity index (χ1n) is 10.0. The van der Waals surface area contributed by atoms with Crippen LogP contribution in [-0.4, -0.2) is 69.9 Å². The zero-order valence-corrected chi connectivity index (χ0v) is 18.6. The van der Waals surface area contributed by atoms with Gasteiger partial charge in [0.1, 0.15) is 18.1 Å². The third-order valence-electron chi connectivity index (χ3n) is 4.34. The van der Waals surface area contributed by atoms with Crippen LogP contribution in [-0.2, 0) is 28.8 Å². The fourth-order valence-electron chi connectivity index (χ4n) is 2.73. The van der Waals surface area contributed by atoms with Crippen molar-refractivity contribution in [2.24, 2.45) is 23.3 Å². The lowest BCUT2D eigenvalue weighted by molar-refractivity contribution is -0.147. The minimum absolute atomic E-state index is 0.0983. The van der Waals surface area contributed by atoms with Crippen molar-refractivity contribution in [3.05, 3.63) is 0 Å². The van der Waals surface area contributed by atoms with Crippen molar-refractivity contribution >= 4 is 35.6 Å². The van der Waals surface area contributed by atoms with Gasteiger partial charge in [0.25, 0.3) is 0 Å². The van der Waals surface area contributed by atoms with Crippen LogP contribution < -0.4 is 27.4 Å². The van der Waals surface area contributed by atoms with Crippen molar-refractivity contribution in [3.63, 3.8) is 0 Å². The maximum absolute atomic E-state index is 12.7. The smallest absolute Gasteiger partial charge is 0.326 e. The molecule has 0 aliphatic rings. The number of aliphatic carboxylic acids is 2. The molecule has 0 aliphatic carbocycles. The Morgan fingerprint density at radius 3 is 1.72 bits per heavy atom. The summed E-state index contributed by atoms with van der Waals surface area (Å²) in [6.07, 6.45) is -1.10. The molecule has 0 saturated heterocycles. The second-order valence-corrected chi connectivity index (χ2v) is 8.20. The maximum Gasteiger partial charge on any atom is 0.326 e. The van der Waals surface area contributed by atoms with Crippen molar-refractivity contribution in [2.75, 3.05) is 0 Å². The molecule has 0 radical (unpaired) electrons. The van der Waals surface area contributed by atoms with Crippen LogP contribution in [0.15, 0.2) is 0 Å². The summed E-state index contributed by atoms with van der Waals surface area (Å²) >= 11 is 0. The fourth-order valence-corrected chi connectivity index (χ4v) is 2.73. The number of amides is 4. The number of carboxylic acid groups (broad SMARTS) is 2. The first-order valence-corrected chi connectivity index (χ1v) is 10.0. The topological polar surface area (TPSA) is 231 Å². The molecule has 32 heavy (non-hydrogen) atoms. The molecule has 9 N–H and O–H groups in total. The Hall–Kier alpha value is -3.22. The van der Waals surface area contributed by atoms with Gasteiger partial charge in [0, 0.05) is 0 Å². The number of rotatable bonds is 14. The van der Waals surface area contributed by atoms with Gasteiger partial charge in [0.2, 0.25) is 23.6 Å². The quantitative estimate of drug-likeness (QED) is 0.151. The summed E-state index contributed by atoms with van der Waals surface area (Å²) in [6.45, 7) is 6.80. The van der Waals surface area contributed by atoms with E-state index >= 15 is 0 Å². The second kappa shape index (κ2) is 13.2. The Bertz CT molecular complexity index is 725. The normalized spacial score (nSPS) is 14.7. The molecule has 0 aromatic rings. The summed E-state index contributed by atoms with van der Waals surface area (Å²) in [6, 6.07) is -5.35. The Morgan fingerprint density at radius 2 is 1.31 bits per heavy atom. The molecule has 13 nitrogen and oxygen atoms in total. The number of primary amides is 1. The van der Waals surface area contributed by atoms with Crippen LogP contribution in [0.3, 0.4) is 0 Å². The Morgan fingerprint density at radius 1 is 0.781 bits per heavy atom. The summed E-state index contributed by atoms with van der Waals surface area (Å²) in [5, 5.41) is 24.7. The molecule has 0 aromatic carbocycles. The first kappa shape index (κ1) is 28.8. The average Bonchev–Trinajstić information content (AvgIpc) is 2.62. The van der Waals surface area contributed by atoms with E-state index in [4.69, 9.17) is 21.7 Å². The van der Waals surface area contributed by atoms with Gasteiger partial charge in [0.15, 0.2) is 0 Å². The highest BCUT2D eigenvalue weighted by molar-refractivity contribution is 5.96. The van der Waals surface area contributed by atoms with Crippen LogP contribution in [0.5, 0.6) is 0 Å². The van der Waals surface area contributed by atoms with Crippen molar-refractivity contribution in [3.8, 4) is 0 Å². The molecular formula is C19H33N5O8. The van der Waals surface area contributed by atoms with Crippen molar-refractivity contribution in [1.29, 1.82) is 0 Å². The van der Waals surface area contributed by atoms with Crippen LogP contribution in [0, 0.1) is 11.8 Å². The molecular weight excluding hydrogens is 426 g/mol. The van der Waals surface area contributed by atoms with Gasteiger partial charge in [-0.25, -0.2) is 4.79 Å². The van der Waals surface area contributed by atoms with E-state index in [9.17, 15) is 28.8 Å². The highest BCUT2D eigenvalue weighted by atomic mass is 16.4. The van der Waals surface area contributed by atoms with Crippen molar-refractivity contribution in [2.45, 2.75) is 71.1 Å². The van der Waals surface area contributed by atoms with E-state index in [0.29, 0.717) is 6.42 Å². The van der Waals surface area contributed by atoms with E-state index in [-0.39, 0.29) is 5.92 Å². The molecule has 182 valence electrons. The third-order valence-corrected chi connectivity index (χ3v) is 4.34. The van der Waals surface area contributed by atoms with Crippen LogP contribution in [0.2, 0.25) is 0 Å². The average molecular weight is 460 g/mol. The zero-order valence-electron chi connectivity index (χ0n) is 18.6. The fraction of sp³-hybridized carbons (Fsp3) is 0.684. The number of carboxylic acids is 2. The molecule has 0 saturated carbocycles. The van der Waals surface area contributed by atoms with E-state index in [2.05, 4.69) is 16.0 Å². The second-order valence-electron chi connectivity index (χ2n) is 8.20. The lowest BCUT2D eigenvalue weighted by atomic mass is 10.0. The number of carbonyl (C=O) groups excluding carboxylic acids is 4. The largest absolute Gasteiger partial charge is 0.481 e. The minimum atomic E-state index is -1.71. The van der Waals surface area contributed by atoms with Gasteiger partial charge in [-0.15, -0.1) is 0 Å². The number of nitrogens with two attached hydrogens (primary N) is 2. The molecule has 4 amide bonds. The van der Waals surface area contributed by atoms with Gasteiger partial charge in [-0.3, -0.25) is 24.0 Å². The van der Waals surface area contributed by atoms with Gasteiger partial charge in [-0.05, 0) is 18.3 Å². The van der Waals surface area contributed by atoms with E-state index < -0.39 is 78.5 Å². The van der Waals surface area contributed by atoms with E-state index in [1.165, 1.54) is 0 Å². The minimum Gasteiger partial charge on any atom is -0.481 e. The van der Waals surface area contributed by atoms with Crippen molar-refractivity contribution < 1.29 is 39.0 Å². The number of hydrogen-bond donors (Lipinski definition) is 7. The summed E-state index contributed by atoms with van der Waals surface area (Å²) in [5.41, 5.74) is 10.9. The van der Waals surface area contributed by atoms with Gasteiger partial charge in [-0.1, -0.05) is 27.7 Å². The Labute approximate surface area is 185 Å². The van der Waals surface area contributed by atoms with Crippen LogP contribution >= 0.6 is 0 Å². The monoisotopic (exact) mass is 459 g/mol. The zero-order chi connectivity index (χ0) is 25.2. The summed E-state index contributed by atoms with van der Waals surface area (Å²) < 4.78 is 0. The number of nitrogens with one attached hydrogen (secondary N) is 3. The predicted octanol–water partition coefficient (Wildman–Crippen LogP) is -2.10. The number of hydrogen-bond acceptors (Lipinski definition) is 7. The number of carbonyl (C=O) groups is 6. The molecule has 0 heterocycles. The van der Waals surface area contributed by atoms with E-state index in [1.807, 2.05) is 13.8 Å². The molecule has 0 rings (SSSR count). The van der Waals surface area contributed by atoms with Gasteiger partial charge in [-0.2, -0.15) is 0 Å². The van der Waals surface area contributed by atoms with Crippen LogP contribution in [0.25, 0.3) is 0 Å². The Kier molecular flexibility index (Phi) is 11.9. The summed E-state index contributed by atoms with van der Waals surface area (Å²) in [7, 11) is 0. The molecule has 0 fully saturated rings. The summed E-state index contributed by atoms with van der Waals surface area (Å²) in [4.78, 5) is 70.9. The predicted molar refractivity (Wildman–Crippen MR) is 112 cm³/mol. The standard InChI is InChI=1S/C19H33N5O8/c1-8(2)5-10(20)16(28)22-11(6-13(21)25)17(29)24-15(9(3)4)18(30)23-12(19(31)32)7-14(26)27/h8-12,15H,5-7,20H2,1-4H3,(H2,21,25)(H,22,28)(H,23,30)(H,24,29)(H,26,27)(H,31,32). The molecule has 0 spiro atoms. The van der Waals surface area contributed by atoms with Gasteiger partial charge >= 0.3 is 11.9 Å². The van der Waals surface area contributed by atoms with Crippen LogP contribution in [0.4, 0.5) is 0 Å². The highest BCUT2D eigenvalue weighted by Gasteiger charge is 2.33. The molecule has 4 unspecified atom stereocenters.